The summed E-state index contributed by atoms with van der Waals surface area (Å²) in [5.74, 6) is 0. The SMILES string of the molecule is Cc1cccc(COC(=O)N[C@@H]2CCCC[C@H]2N[C@H]2CCCN(c3ccc(C(F)(F)F)cc3)C2)c1. The summed E-state index contributed by atoms with van der Waals surface area (Å²) >= 11 is 0. The number of rotatable bonds is 6. The molecule has 2 aromatic rings. The molecule has 0 bridgehead atoms. The number of benzene rings is 2. The summed E-state index contributed by atoms with van der Waals surface area (Å²) in [7, 11) is 0. The number of amides is 1. The van der Waals surface area contributed by atoms with Crippen molar-refractivity contribution in [2.45, 2.75) is 76.4 Å². The number of ether oxygens (including phenoxy) is 1. The fourth-order valence-corrected chi connectivity index (χ4v) is 5.16. The standard InChI is InChI=1S/C27H34F3N3O2/c1-19-6-4-7-20(16-19)18-35-26(34)32-25-10-3-2-9-24(25)31-22-8-5-15-33(17-22)23-13-11-21(12-14-23)27(28,29)30/h4,6-7,11-14,16,22,24-25,31H,2-3,5,8-10,15,17-18H2,1H3,(H,32,34)/t22-,24+,25+/m0/s1. The first-order valence-electron chi connectivity index (χ1n) is 12.4. The van der Waals surface area contributed by atoms with E-state index in [2.05, 4.69) is 15.5 Å². The van der Waals surface area contributed by atoms with Crippen LogP contribution in [0.15, 0.2) is 48.5 Å². The van der Waals surface area contributed by atoms with Gasteiger partial charge in [-0.25, -0.2) is 4.79 Å². The second-order valence-corrected chi connectivity index (χ2v) is 9.70. The molecule has 4 rings (SSSR count). The van der Waals surface area contributed by atoms with Crippen LogP contribution in [0.1, 0.15) is 55.2 Å². The molecule has 0 unspecified atom stereocenters. The number of nitrogens with zero attached hydrogens (tertiary/aromatic N) is 1. The average Bonchev–Trinajstić information content (AvgIpc) is 2.84. The summed E-state index contributed by atoms with van der Waals surface area (Å²) < 4.78 is 44.2. The van der Waals surface area contributed by atoms with Crippen molar-refractivity contribution in [1.82, 2.24) is 10.6 Å². The van der Waals surface area contributed by atoms with Crippen molar-refractivity contribution in [1.29, 1.82) is 0 Å². The Morgan fingerprint density at radius 1 is 1.03 bits per heavy atom. The maximum absolute atomic E-state index is 12.9. The van der Waals surface area contributed by atoms with E-state index < -0.39 is 17.8 Å². The normalized spacial score (nSPS) is 23.1. The fraction of sp³-hybridized carbons (Fsp3) is 0.519. The van der Waals surface area contributed by atoms with Crippen LogP contribution in [0.4, 0.5) is 23.7 Å². The monoisotopic (exact) mass is 489 g/mol. The van der Waals surface area contributed by atoms with Crippen LogP contribution < -0.4 is 15.5 Å². The molecule has 190 valence electrons. The molecule has 1 saturated carbocycles. The highest BCUT2D eigenvalue weighted by atomic mass is 19.4. The molecule has 0 radical (unpaired) electrons. The van der Waals surface area contributed by atoms with E-state index in [1.165, 1.54) is 0 Å². The second-order valence-electron chi connectivity index (χ2n) is 9.70. The number of anilines is 1. The molecule has 8 heteroatoms. The van der Waals surface area contributed by atoms with Crippen molar-refractivity contribution in [2.24, 2.45) is 0 Å². The van der Waals surface area contributed by atoms with Gasteiger partial charge in [-0.3, -0.25) is 0 Å². The van der Waals surface area contributed by atoms with Crippen LogP contribution in [-0.2, 0) is 17.5 Å². The molecule has 5 nitrogen and oxygen atoms in total. The van der Waals surface area contributed by atoms with Crippen LogP contribution in [0.25, 0.3) is 0 Å². The number of aryl methyl sites for hydroxylation is 1. The number of alkyl halides is 3. The highest BCUT2D eigenvalue weighted by Gasteiger charge is 2.32. The highest BCUT2D eigenvalue weighted by Crippen LogP contribution is 2.31. The number of carbonyl (C=O) groups is 1. The zero-order valence-electron chi connectivity index (χ0n) is 20.1. The molecule has 1 saturated heterocycles. The van der Waals surface area contributed by atoms with Crippen LogP contribution in [0, 0.1) is 6.92 Å². The van der Waals surface area contributed by atoms with Crippen LogP contribution in [0.2, 0.25) is 0 Å². The number of hydrogen-bond acceptors (Lipinski definition) is 4. The van der Waals surface area contributed by atoms with Crippen molar-refractivity contribution in [3.63, 3.8) is 0 Å². The maximum atomic E-state index is 12.9. The predicted octanol–water partition coefficient (Wildman–Crippen LogP) is 5.81. The van der Waals surface area contributed by atoms with E-state index in [1.54, 1.807) is 12.1 Å². The number of alkyl carbamates (subject to hydrolysis) is 1. The molecule has 2 aromatic carbocycles. The Kier molecular flexibility index (Phi) is 8.21. The van der Waals surface area contributed by atoms with Crippen molar-refractivity contribution in [3.8, 4) is 0 Å². The molecule has 2 N–H and O–H groups in total. The Balaban J connectivity index is 1.30. The lowest BCUT2D eigenvalue weighted by Gasteiger charge is -2.40. The highest BCUT2D eigenvalue weighted by molar-refractivity contribution is 5.67. The summed E-state index contributed by atoms with van der Waals surface area (Å²) in [5, 5.41) is 6.80. The Morgan fingerprint density at radius 3 is 2.49 bits per heavy atom. The van der Waals surface area contributed by atoms with Gasteiger partial charge in [0.05, 0.1) is 5.56 Å². The van der Waals surface area contributed by atoms with Crippen molar-refractivity contribution < 1.29 is 22.7 Å². The molecule has 1 amide bonds. The van der Waals surface area contributed by atoms with Gasteiger partial charge in [-0.2, -0.15) is 13.2 Å². The molecule has 0 spiro atoms. The third-order valence-electron chi connectivity index (χ3n) is 6.95. The first kappa shape index (κ1) is 25.4. The van der Waals surface area contributed by atoms with Gasteiger partial charge >= 0.3 is 12.3 Å². The van der Waals surface area contributed by atoms with Gasteiger partial charge in [0.1, 0.15) is 6.61 Å². The lowest BCUT2D eigenvalue weighted by molar-refractivity contribution is -0.137. The van der Waals surface area contributed by atoms with Gasteiger partial charge in [-0.1, -0.05) is 42.7 Å². The van der Waals surface area contributed by atoms with Gasteiger partial charge in [0.2, 0.25) is 0 Å². The van der Waals surface area contributed by atoms with Gasteiger partial charge in [-0.15, -0.1) is 0 Å². The van der Waals surface area contributed by atoms with Gasteiger partial charge in [0, 0.05) is 36.9 Å². The Labute approximate surface area is 205 Å². The van der Waals surface area contributed by atoms with E-state index in [4.69, 9.17) is 4.74 Å². The van der Waals surface area contributed by atoms with Crippen LogP contribution in [-0.4, -0.2) is 37.3 Å². The first-order valence-corrected chi connectivity index (χ1v) is 12.4. The Hall–Kier alpha value is -2.74. The molecule has 1 aliphatic heterocycles. The topological polar surface area (TPSA) is 53.6 Å². The molecule has 1 heterocycles. The van der Waals surface area contributed by atoms with Crippen LogP contribution in [0.3, 0.4) is 0 Å². The zero-order valence-corrected chi connectivity index (χ0v) is 20.1. The van der Waals surface area contributed by atoms with E-state index in [-0.39, 0.29) is 24.7 Å². The molecule has 2 fully saturated rings. The van der Waals surface area contributed by atoms with E-state index in [0.29, 0.717) is 0 Å². The third-order valence-corrected chi connectivity index (χ3v) is 6.95. The largest absolute Gasteiger partial charge is 0.445 e. The van der Waals surface area contributed by atoms with Gasteiger partial charge in [0.25, 0.3) is 0 Å². The minimum atomic E-state index is -4.32. The Bertz CT molecular complexity index is 980. The first-order chi connectivity index (χ1) is 16.8. The predicted molar refractivity (Wildman–Crippen MR) is 130 cm³/mol. The fourth-order valence-electron chi connectivity index (χ4n) is 5.16. The van der Waals surface area contributed by atoms with Gasteiger partial charge in [0.15, 0.2) is 0 Å². The van der Waals surface area contributed by atoms with Crippen LogP contribution in [0.5, 0.6) is 0 Å². The molecule has 1 aliphatic carbocycles. The average molecular weight is 490 g/mol. The van der Waals surface area contributed by atoms with E-state index >= 15 is 0 Å². The Morgan fingerprint density at radius 2 is 1.77 bits per heavy atom. The number of nitrogens with one attached hydrogen (secondary N) is 2. The minimum absolute atomic E-state index is 0.00444. The smallest absolute Gasteiger partial charge is 0.416 e. The number of halogens is 3. The minimum Gasteiger partial charge on any atom is -0.445 e. The molecule has 35 heavy (non-hydrogen) atoms. The summed E-state index contributed by atoms with van der Waals surface area (Å²) in [5.41, 5.74) is 2.27. The second kappa shape index (κ2) is 11.3. The van der Waals surface area contributed by atoms with Crippen molar-refractivity contribution >= 4 is 11.8 Å². The number of hydrogen-bond donors (Lipinski definition) is 2. The summed E-state index contributed by atoms with van der Waals surface area (Å²) in [6.07, 6.45) is 1.26. The number of piperidine rings is 1. The molecule has 2 aliphatic rings. The van der Waals surface area contributed by atoms with Gasteiger partial charge < -0.3 is 20.3 Å². The quantitative estimate of drug-likeness (QED) is 0.538. The lowest BCUT2D eigenvalue weighted by atomic mass is 9.89. The molecular weight excluding hydrogens is 455 g/mol. The lowest BCUT2D eigenvalue weighted by Crippen LogP contribution is -2.57. The van der Waals surface area contributed by atoms with Crippen molar-refractivity contribution in [2.75, 3.05) is 18.0 Å². The molecule has 3 atom stereocenters. The zero-order chi connectivity index (χ0) is 24.8. The van der Waals surface area contributed by atoms with Crippen molar-refractivity contribution in [3.05, 3.63) is 65.2 Å². The summed E-state index contributed by atoms with van der Waals surface area (Å²) in [6.45, 7) is 3.79. The van der Waals surface area contributed by atoms with Crippen LogP contribution >= 0.6 is 0 Å². The maximum Gasteiger partial charge on any atom is 0.416 e. The summed E-state index contributed by atoms with van der Waals surface area (Å²) in [6, 6.07) is 13.7. The third kappa shape index (κ3) is 7.13. The summed E-state index contributed by atoms with van der Waals surface area (Å²) in [4.78, 5) is 14.6. The number of carbonyl (C=O) groups excluding carboxylic acids is 1. The van der Waals surface area contributed by atoms with E-state index in [1.807, 2.05) is 31.2 Å². The van der Waals surface area contributed by atoms with Gasteiger partial charge in [-0.05, 0) is 62.4 Å². The van der Waals surface area contributed by atoms with E-state index in [9.17, 15) is 18.0 Å². The molecule has 0 aromatic heterocycles. The van der Waals surface area contributed by atoms with E-state index in [0.717, 1.165) is 80.6 Å². The molecular formula is C27H34F3N3O2.